The van der Waals surface area contributed by atoms with Crippen molar-refractivity contribution in [2.24, 2.45) is 0 Å². The van der Waals surface area contributed by atoms with Crippen molar-refractivity contribution in [2.45, 2.75) is 32.4 Å². The Labute approximate surface area is 123 Å². The molecule has 2 aliphatic rings. The van der Waals surface area contributed by atoms with Crippen LogP contribution in [0, 0.1) is 0 Å². The summed E-state index contributed by atoms with van der Waals surface area (Å²) in [5.74, 6) is 1.62. The van der Waals surface area contributed by atoms with Crippen LogP contribution in [0.2, 0.25) is 0 Å². The van der Waals surface area contributed by atoms with Crippen LogP contribution in [-0.4, -0.2) is 41.8 Å². The normalized spacial score (nSPS) is 18.0. The lowest BCUT2D eigenvalue weighted by atomic mass is 10.0. The highest BCUT2D eigenvalue weighted by Crippen LogP contribution is 2.37. The number of aromatic hydroxyl groups is 1. The Bertz CT molecular complexity index is 539. The molecule has 0 aromatic heterocycles. The number of benzene rings is 1. The monoisotopic (exact) mass is 292 g/mol. The lowest BCUT2D eigenvalue weighted by Gasteiger charge is -2.31. The number of hydrogen-bond donors (Lipinski definition) is 2. The Morgan fingerprint density at radius 3 is 2.67 bits per heavy atom. The maximum atomic E-state index is 11.3. The first kappa shape index (κ1) is 14.0. The molecule has 1 aromatic rings. The van der Waals surface area contributed by atoms with E-state index in [1.165, 1.54) is 0 Å². The molecule has 0 bridgehead atoms. The summed E-state index contributed by atoms with van der Waals surface area (Å²) in [5, 5.41) is 13.4. The minimum atomic E-state index is 0.141. The summed E-state index contributed by atoms with van der Waals surface area (Å²) in [6.45, 7) is 3.97. The molecule has 1 fully saturated rings. The Kier molecular flexibility index (Phi) is 3.88. The van der Waals surface area contributed by atoms with Crippen LogP contribution in [-0.2, 0) is 11.3 Å². The summed E-state index contributed by atoms with van der Waals surface area (Å²) in [6, 6.07) is 3.78. The van der Waals surface area contributed by atoms with Crippen LogP contribution in [0.5, 0.6) is 17.2 Å². The van der Waals surface area contributed by atoms with Crippen molar-refractivity contribution >= 4 is 5.91 Å². The van der Waals surface area contributed by atoms with Crippen molar-refractivity contribution in [1.29, 1.82) is 0 Å². The average Bonchev–Trinajstić information content (AvgIpc) is 2.92. The first-order valence-electron chi connectivity index (χ1n) is 7.24. The molecule has 2 aliphatic heterocycles. The van der Waals surface area contributed by atoms with E-state index in [2.05, 4.69) is 5.32 Å². The average molecular weight is 292 g/mol. The van der Waals surface area contributed by atoms with Gasteiger partial charge in [0.2, 0.25) is 12.7 Å². The standard InChI is InChI=1S/C15H20N2O4/c1-10(18)17-4-2-12(3-5-17)16-8-11-6-14-15(7-13(11)19)21-9-20-14/h6-7,12,16,19H,2-5,8-9H2,1H3. The first-order valence-corrected chi connectivity index (χ1v) is 7.24. The molecule has 1 saturated heterocycles. The van der Waals surface area contributed by atoms with Gasteiger partial charge in [0.05, 0.1) is 0 Å². The molecule has 0 aliphatic carbocycles. The summed E-state index contributed by atoms with van der Waals surface area (Å²) in [5.41, 5.74) is 0.799. The molecule has 0 saturated carbocycles. The fourth-order valence-corrected chi connectivity index (χ4v) is 2.77. The number of carbonyl (C=O) groups excluding carboxylic acids is 1. The highest BCUT2D eigenvalue weighted by atomic mass is 16.7. The number of nitrogens with one attached hydrogen (secondary N) is 1. The number of phenolic OH excluding ortho intramolecular Hbond substituents is 1. The van der Waals surface area contributed by atoms with Crippen molar-refractivity contribution in [1.82, 2.24) is 10.2 Å². The summed E-state index contributed by atoms with van der Waals surface area (Å²) >= 11 is 0. The topological polar surface area (TPSA) is 71.0 Å². The van der Waals surface area contributed by atoms with Gasteiger partial charge in [-0.2, -0.15) is 0 Å². The highest BCUT2D eigenvalue weighted by molar-refractivity contribution is 5.73. The molecule has 2 heterocycles. The van der Waals surface area contributed by atoms with Crippen molar-refractivity contribution in [3.8, 4) is 17.2 Å². The molecule has 1 amide bonds. The second kappa shape index (κ2) is 5.81. The van der Waals surface area contributed by atoms with Gasteiger partial charge in [-0.05, 0) is 18.9 Å². The fourth-order valence-electron chi connectivity index (χ4n) is 2.77. The summed E-state index contributed by atoms with van der Waals surface area (Å²) in [6.07, 6.45) is 1.87. The number of amides is 1. The van der Waals surface area contributed by atoms with Gasteiger partial charge in [-0.1, -0.05) is 0 Å². The number of fused-ring (bicyclic) bond motifs is 1. The molecular formula is C15H20N2O4. The van der Waals surface area contributed by atoms with Crippen LogP contribution >= 0.6 is 0 Å². The van der Waals surface area contributed by atoms with Crippen LogP contribution < -0.4 is 14.8 Å². The molecule has 21 heavy (non-hydrogen) atoms. The lowest BCUT2D eigenvalue weighted by Crippen LogP contribution is -2.43. The van der Waals surface area contributed by atoms with Crippen molar-refractivity contribution < 1.29 is 19.4 Å². The van der Waals surface area contributed by atoms with Gasteiger partial charge in [0, 0.05) is 44.2 Å². The first-order chi connectivity index (χ1) is 10.1. The van der Waals surface area contributed by atoms with Gasteiger partial charge < -0.3 is 24.8 Å². The van der Waals surface area contributed by atoms with Gasteiger partial charge in [0.25, 0.3) is 0 Å². The molecule has 2 N–H and O–H groups in total. The lowest BCUT2D eigenvalue weighted by molar-refractivity contribution is -0.129. The van der Waals surface area contributed by atoms with Crippen LogP contribution in [0.25, 0.3) is 0 Å². The molecule has 0 spiro atoms. The third-order valence-corrected chi connectivity index (χ3v) is 4.10. The van der Waals surface area contributed by atoms with Crippen LogP contribution in [0.15, 0.2) is 12.1 Å². The van der Waals surface area contributed by atoms with E-state index in [9.17, 15) is 9.90 Å². The molecule has 0 unspecified atom stereocenters. The van der Waals surface area contributed by atoms with E-state index >= 15 is 0 Å². The van der Waals surface area contributed by atoms with Crippen LogP contribution in [0.1, 0.15) is 25.3 Å². The number of ether oxygens (including phenoxy) is 2. The predicted molar refractivity (Wildman–Crippen MR) is 76.3 cm³/mol. The number of rotatable bonds is 3. The molecule has 3 rings (SSSR count). The highest BCUT2D eigenvalue weighted by Gasteiger charge is 2.21. The number of phenols is 1. The Morgan fingerprint density at radius 1 is 1.33 bits per heavy atom. The zero-order valence-electron chi connectivity index (χ0n) is 12.1. The zero-order chi connectivity index (χ0) is 14.8. The molecule has 6 nitrogen and oxygen atoms in total. The van der Waals surface area contributed by atoms with Gasteiger partial charge in [0.1, 0.15) is 5.75 Å². The maximum absolute atomic E-state index is 11.3. The predicted octanol–water partition coefficient (Wildman–Crippen LogP) is 1.22. The van der Waals surface area contributed by atoms with Crippen LogP contribution in [0.3, 0.4) is 0 Å². The summed E-state index contributed by atoms with van der Waals surface area (Å²) in [4.78, 5) is 13.2. The second-order valence-corrected chi connectivity index (χ2v) is 5.50. The van der Waals surface area contributed by atoms with E-state index in [1.54, 1.807) is 13.0 Å². The fraction of sp³-hybridized carbons (Fsp3) is 0.533. The number of piperidine rings is 1. The van der Waals surface area contributed by atoms with E-state index in [4.69, 9.17) is 9.47 Å². The van der Waals surface area contributed by atoms with E-state index in [1.807, 2.05) is 11.0 Å². The number of carbonyl (C=O) groups is 1. The van der Waals surface area contributed by atoms with E-state index in [0.29, 0.717) is 24.1 Å². The van der Waals surface area contributed by atoms with Crippen LogP contribution in [0.4, 0.5) is 0 Å². The number of hydrogen-bond acceptors (Lipinski definition) is 5. The smallest absolute Gasteiger partial charge is 0.231 e. The van der Waals surface area contributed by atoms with E-state index < -0.39 is 0 Å². The largest absolute Gasteiger partial charge is 0.507 e. The third-order valence-electron chi connectivity index (χ3n) is 4.10. The molecular weight excluding hydrogens is 272 g/mol. The SMILES string of the molecule is CC(=O)N1CCC(NCc2cc3c(cc2O)OCO3)CC1. The zero-order valence-corrected chi connectivity index (χ0v) is 12.1. The molecule has 6 heteroatoms. The maximum Gasteiger partial charge on any atom is 0.231 e. The number of nitrogens with zero attached hydrogens (tertiary/aromatic N) is 1. The Hall–Kier alpha value is -1.95. The minimum absolute atomic E-state index is 0.141. The van der Waals surface area contributed by atoms with Gasteiger partial charge in [0.15, 0.2) is 11.5 Å². The Morgan fingerprint density at radius 2 is 2.00 bits per heavy atom. The third kappa shape index (κ3) is 3.05. The minimum Gasteiger partial charge on any atom is -0.507 e. The molecule has 114 valence electrons. The number of likely N-dealkylation sites (tertiary alicyclic amines) is 1. The van der Waals surface area contributed by atoms with Gasteiger partial charge >= 0.3 is 0 Å². The molecule has 0 radical (unpaired) electrons. The van der Waals surface area contributed by atoms with E-state index in [0.717, 1.165) is 31.5 Å². The quantitative estimate of drug-likeness (QED) is 0.876. The van der Waals surface area contributed by atoms with Gasteiger partial charge in [-0.3, -0.25) is 4.79 Å². The van der Waals surface area contributed by atoms with Gasteiger partial charge in [-0.25, -0.2) is 0 Å². The van der Waals surface area contributed by atoms with Crippen molar-refractivity contribution in [3.05, 3.63) is 17.7 Å². The van der Waals surface area contributed by atoms with Crippen molar-refractivity contribution in [3.63, 3.8) is 0 Å². The summed E-state index contributed by atoms with van der Waals surface area (Å²) in [7, 11) is 0. The summed E-state index contributed by atoms with van der Waals surface area (Å²) < 4.78 is 10.5. The molecule has 0 atom stereocenters. The molecule has 1 aromatic carbocycles. The second-order valence-electron chi connectivity index (χ2n) is 5.50. The van der Waals surface area contributed by atoms with Gasteiger partial charge in [-0.15, -0.1) is 0 Å². The van der Waals surface area contributed by atoms with Crippen molar-refractivity contribution in [2.75, 3.05) is 19.9 Å². The van der Waals surface area contributed by atoms with E-state index in [-0.39, 0.29) is 18.4 Å². The Balaban J connectivity index is 1.55.